The van der Waals surface area contributed by atoms with Crippen molar-refractivity contribution in [2.75, 3.05) is 18.4 Å². The summed E-state index contributed by atoms with van der Waals surface area (Å²) in [7, 11) is 0. The van der Waals surface area contributed by atoms with Crippen molar-refractivity contribution < 1.29 is 4.79 Å². The first kappa shape index (κ1) is 13.3. The summed E-state index contributed by atoms with van der Waals surface area (Å²) < 4.78 is 0. The van der Waals surface area contributed by atoms with Crippen LogP contribution >= 0.6 is 0 Å². The van der Waals surface area contributed by atoms with E-state index < -0.39 is 6.03 Å². The molecule has 1 aliphatic rings. The summed E-state index contributed by atoms with van der Waals surface area (Å²) in [6, 6.07) is 2.96. The molecule has 1 aromatic heterocycles. The largest absolute Gasteiger partial charge is 0.369 e. The number of anilines is 1. The summed E-state index contributed by atoms with van der Waals surface area (Å²) >= 11 is 0. The molecule has 0 saturated carbocycles. The number of hydrogen-bond acceptors (Lipinski definition) is 2. The Morgan fingerprint density at radius 2 is 1.84 bits per heavy atom. The Hall–Kier alpha value is -2.11. The second-order valence-corrected chi connectivity index (χ2v) is 4.54. The zero-order valence-electron chi connectivity index (χ0n) is 10.9. The van der Waals surface area contributed by atoms with Crippen LogP contribution in [0.4, 0.5) is 10.5 Å². The normalized spacial score (nSPS) is 16.8. The van der Waals surface area contributed by atoms with E-state index in [0.717, 1.165) is 25.9 Å². The second-order valence-electron chi connectivity index (χ2n) is 4.54. The average Bonchev–Trinajstić information content (AvgIpc) is 2.68. The molecule has 0 unspecified atom stereocenters. The summed E-state index contributed by atoms with van der Waals surface area (Å²) in [5.41, 5.74) is 6.53. The maximum absolute atomic E-state index is 11.7. The molecule has 0 radical (unpaired) electrons. The minimum atomic E-state index is -0.451. The number of guanidine groups is 1. The smallest absolute Gasteiger partial charge is 0.348 e. The van der Waals surface area contributed by atoms with Gasteiger partial charge in [-0.2, -0.15) is 4.99 Å². The molecule has 1 fully saturated rings. The van der Waals surface area contributed by atoms with Gasteiger partial charge in [-0.1, -0.05) is 12.8 Å². The molecule has 0 spiro atoms. The van der Waals surface area contributed by atoms with Gasteiger partial charge in [-0.15, -0.1) is 0 Å². The summed E-state index contributed by atoms with van der Waals surface area (Å²) in [6.45, 7) is 1.75. The number of aromatic nitrogens is 1. The van der Waals surface area contributed by atoms with Crippen molar-refractivity contribution in [3.8, 4) is 0 Å². The molecule has 0 aliphatic carbocycles. The van der Waals surface area contributed by atoms with Crippen molar-refractivity contribution >= 4 is 17.7 Å². The van der Waals surface area contributed by atoms with Crippen LogP contribution < -0.4 is 11.1 Å². The fourth-order valence-corrected chi connectivity index (χ4v) is 2.06. The standard InChI is InChI=1S/C13H19N5O/c14-12(18-9-3-1-2-4-10-18)17-13(19)16-11-5-7-15-8-6-11/h5-8H,1-4,9-10H2,(H3,14,15,16,17,19). The zero-order valence-corrected chi connectivity index (χ0v) is 10.9. The summed E-state index contributed by atoms with van der Waals surface area (Å²) in [5, 5.41) is 2.65. The quantitative estimate of drug-likeness (QED) is 0.596. The maximum Gasteiger partial charge on any atom is 0.348 e. The van der Waals surface area contributed by atoms with Gasteiger partial charge in [-0.3, -0.25) is 4.98 Å². The minimum absolute atomic E-state index is 0.299. The van der Waals surface area contributed by atoms with Gasteiger partial charge in [0.2, 0.25) is 5.96 Å². The highest BCUT2D eigenvalue weighted by molar-refractivity contribution is 5.98. The average molecular weight is 261 g/mol. The number of urea groups is 1. The first-order chi connectivity index (χ1) is 9.25. The van der Waals surface area contributed by atoms with Crippen molar-refractivity contribution in [3.63, 3.8) is 0 Å². The van der Waals surface area contributed by atoms with E-state index in [9.17, 15) is 4.79 Å². The van der Waals surface area contributed by atoms with Gasteiger partial charge < -0.3 is 16.0 Å². The van der Waals surface area contributed by atoms with Crippen LogP contribution in [0.2, 0.25) is 0 Å². The van der Waals surface area contributed by atoms with Crippen LogP contribution in [-0.4, -0.2) is 35.0 Å². The number of rotatable bonds is 1. The van der Waals surface area contributed by atoms with E-state index in [1.165, 1.54) is 12.8 Å². The first-order valence-corrected chi connectivity index (χ1v) is 6.56. The number of aliphatic imine (C=N–C) groups is 1. The number of nitrogens with zero attached hydrogens (tertiary/aromatic N) is 3. The van der Waals surface area contributed by atoms with Gasteiger partial charge in [0.05, 0.1) is 0 Å². The fourth-order valence-electron chi connectivity index (χ4n) is 2.06. The molecule has 2 amide bonds. The summed E-state index contributed by atoms with van der Waals surface area (Å²) in [5.74, 6) is 0.299. The monoisotopic (exact) mass is 261 g/mol. The molecule has 1 aliphatic heterocycles. The van der Waals surface area contributed by atoms with E-state index in [0.29, 0.717) is 11.6 Å². The molecule has 19 heavy (non-hydrogen) atoms. The highest BCUT2D eigenvalue weighted by Gasteiger charge is 2.12. The Labute approximate surface area is 112 Å². The molecule has 6 nitrogen and oxygen atoms in total. The van der Waals surface area contributed by atoms with Gasteiger partial charge in [0.25, 0.3) is 0 Å². The molecule has 6 heteroatoms. The van der Waals surface area contributed by atoms with Crippen LogP contribution in [0.15, 0.2) is 29.5 Å². The molecular weight excluding hydrogens is 242 g/mol. The molecule has 1 saturated heterocycles. The Kier molecular flexibility index (Phi) is 4.72. The lowest BCUT2D eigenvalue weighted by molar-refractivity contribution is 0.259. The number of carbonyl (C=O) groups is 1. The Balaban J connectivity index is 1.93. The maximum atomic E-state index is 11.7. The third kappa shape index (κ3) is 4.24. The second kappa shape index (κ2) is 6.72. The number of pyridine rings is 1. The van der Waals surface area contributed by atoms with Crippen molar-refractivity contribution in [3.05, 3.63) is 24.5 Å². The van der Waals surface area contributed by atoms with Crippen molar-refractivity contribution in [2.24, 2.45) is 10.7 Å². The third-order valence-electron chi connectivity index (χ3n) is 3.08. The number of likely N-dealkylation sites (tertiary alicyclic amines) is 1. The van der Waals surface area contributed by atoms with Gasteiger partial charge in [0, 0.05) is 31.2 Å². The van der Waals surface area contributed by atoms with Gasteiger partial charge in [0.1, 0.15) is 0 Å². The molecule has 2 heterocycles. The van der Waals surface area contributed by atoms with Crippen LogP contribution in [-0.2, 0) is 0 Å². The summed E-state index contributed by atoms with van der Waals surface area (Å²) in [4.78, 5) is 21.5. The molecule has 0 bridgehead atoms. The Bertz CT molecular complexity index is 438. The molecule has 1 aromatic rings. The molecule has 0 aromatic carbocycles. The summed E-state index contributed by atoms with van der Waals surface area (Å²) in [6.07, 6.45) is 7.85. The number of amides is 2. The topological polar surface area (TPSA) is 83.6 Å². The number of carbonyl (C=O) groups excluding carboxylic acids is 1. The van der Waals surface area contributed by atoms with Crippen LogP contribution in [0, 0.1) is 0 Å². The number of nitrogens with two attached hydrogens (primary N) is 1. The lowest BCUT2D eigenvalue weighted by Crippen LogP contribution is -2.38. The number of nitrogens with one attached hydrogen (secondary N) is 1. The van der Waals surface area contributed by atoms with Crippen molar-refractivity contribution in [1.29, 1.82) is 0 Å². The third-order valence-corrected chi connectivity index (χ3v) is 3.08. The highest BCUT2D eigenvalue weighted by atomic mass is 16.2. The molecular formula is C13H19N5O. The van der Waals surface area contributed by atoms with Gasteiger partial charge in [-0.25, -0.2) is 4.79 Å². The highest BCUT2D eigenvalue weighted by Crippen LogP contribution is 2.09. The van der Waals surface area contributed by atoms with Crippen LogP contribution in [0.1, 0.15) is 25.7 Å². The lowest BCUT2D eigenvalue weighted by atomic mass is 10.2. The minimum Gasteiger partial charge on any atom is -0.369 e. The van der Waals surface area contributed by atoms with E-state index in [1.807, 2.05) is 4.90 Å². The van der Waals surface area contributed by atoms with Crippen LogP contribution in [0.5, 0.6) is 0 Å². The fraction of sp³-hybridized carbons (Fsp3) is 0.462. The predicted molar refractivity (Wildman–Crippen MR) is 74.9 cm³/mol. The SMILES string of the molecule is N/C(=N\C(=O)Nc1ccncc1)N1CCCCCC1. The van der Waals surface area contributed by atoms with Gasteiger partial charge >= 0.3 is 6.03 Å². The van der Waals surface area contributed by atoms with Gasteiger partial charge in [-0.05, 0) is 25.0 Å². The number of hydrogen-bond donors (Lipinski definition) is 2. The molecule has 0 atom stereocenters. The Morgan fingerprint density at radius 3 is 2.47 bits per heavy atom. The predicted octanol–water partition coefficient (Wildman–Crippen LogP) is 1.80. The van der Waals surface area contributed by atoms with Crippen molar-refractivity contribution in [2.45, 2.75) is 25.7 Å². The molecule has 2 rings (SSSR count). The Morgan fingerprint density at radius 1 is 1.21 bits per heavy atom. The first-order valence-electron chi connectivity index (χ1n) is 6.56. The lowest BCUT2D eigenvalue weighted by Gasteiger charge is -2.20. The van der Waals surface area contributed by atoms with E-state index in [-0.39, 0.29) is 0 Å². The van der Waals surface area contributed by atoms with Crippen LogP contribution in [0.3, 0.4) is 0 Å². The van der Waals surface area contributed by atoms with E-state index in [1.54, 1.807) is 24.5 Å². The molecule has 3 N–H and O–H groups in total. The molecule has 102 valence electrons. The van der Waals surface area contributed by atoms with Gasteiger partial charge in [0.15, 0.2) is 0 Å². The van der Waals surface area contributed by atoms with E-state index in [2.05, 4.69) is 15.3 Å². The van der Waals surface area contributed by atoms with E-state index in [4.69, 9.17) is 5.73 Å². The van der Waals surface area contributed by atoms with Crippen molar-refractivity contribution in [1.82, 2.24) is 9.88 Å². The zero-order chi connectivity index (χ0) is 13.5. The van der Waals surface area contributed by atoms with E-state index >= 15 is 0 Å². The van der Waals surface area contributed by atoms with Crippen LogP contribution in [0.25, 0.3) is 0 Å².